The minimum absolute atomic E-state index is 0.486. The summed E-state index contributed by atoms with van der Waals surface area (Å²) in [6.45, 7) is 2.78. The van der Waals surface area contributed by atoms with E-state index in [1.807, 2.05) is 24.3 Å². The van der Waals surface area contributed by atoms with Gasteiger partial charge in [-0.3, -0.25) is 4.90 Å². The van der Waals surface area contributed by atoms with Crippen molar-refractivity contribution in [1.29, 1.82) is 0 Å². The maximum atomic E-state index is 6.20. The van der Waals surface area contributed by atoms with E-state index in [0.29, 0.717) is 29.3 Å². The highest BCUT2D eigenvalue weighted by Crippen LogP contribution is 2.29. The average Bonchev–Trinajstić information content (AvgIpc) is 3.12. The van der Waals surface area contributed by atoms with Gasteiger partial charge < -0.3 is 4.42 Å². The van der Waals surface area contributed by atoms with Crippen molar-refractivity contribution in [1.82, 2.24) is 15.1 Å². The second-order valence-corrected chi connectivity index (χ2v) is 6.85. The summed E-state index contributed by atoms with van der Waals surface area (Å²) in [6, 6.07) is 18.3. The molecule has 128 valence electrons. The molecule has 5 heteroatoms. The van der Waals surface area contributed by atoms with E-state index >= 15 is 0 Å². The lowest BCUT2D eigenvalue weighted by molar-refractivity contribution is 0.188. The topological polar surface area (TPSA) is 42.2 Å². The van der Waals surface area contributed by atoms with Crippen LogP contribution in [0.4, 0.5) is 0 Å². The zero-order valence-electron chi connectivity index (χ0n) is 13.9. The van der Waals surface area contributed by atoms with Crippen LogP contribution in [-0.2, 0) is 6.54 Å². The number of rotatable bonds is 4. The predicted octanol–water partition coefficient (Wildman–Crippen LogP) is 4.77. The van der Waals surface area contributed by atoms with Crippen LogP contribution in [0.3, 0.4) is 0 Å². The summed E-state index contributed by atoms with van der Waals surface area (Å²) in [5.74, 6) is 1.78. The lowest BCUT2D eigenvalue weighted by Gasteiger charge is -2.31. The third kappa shape index (κ3) is 3.75. The molecule has 25 heavy (non-hydrogen) atoms. The van der Waals surface area contributed by atoms with Crippen molar-refractivity contribution in [2.45, 2.75) is 25.3 Å². The molecule has 0 spiro atoms. The summed E-state index contributed by atoms with van der Waals surface area (Å²) in [4.78, 5) is 2.38. The Morgan fingerprint density at radius 3 is 2.44 bits per heavy atom. The van der Waals surface area contributed by atoms with Gasteiger partial charge in [0.1, 0.15) is 0 Å². The maximum Gasteiger partial charge on any atom is 0.249 e. The number of halogens is 1. The molecule has 1 fully saturated rings. The molecule has 2 aromatic carbocycles. The molecule has 0 saturated carbocycles. The van der Waals surface area contributed by atoms with Gasteiger partial charge >= 0.3 is 0 Å². The molecule has 1 aromatic heterocycles. The fourth-order valence-corrected chi connectivity index (χ4v) is 3.62. The lowest BCUT2D eigenvalue weighted by atomic mass is 9.89. The highest BCUT2D eigenvalue weighted by atomic mass is 35.5. The van der Waals surface area contributed by atoms with E-state index in [4.69, 9.17) is 16.0 Å². The van der Waals surface area contributed by atoms with Gasteiger partial charge in [-0.2, -0.15) is 0 Å². The Balaban J connectivity index is 1.37. The fourth-order valence-electron chi connectivity index (χ4n) is 3.40. The summed E-state index contributed by atoms with van der Waals surface area (Å²) in [5, 5.41) is 8.96. The molecular formula is C20H20ClN3O. The molecule has 0 atom stereocenters. The van der Waals surface area contributed by atoms with Crippen molar-refractivity contribution >= 4 is 11.6 Å². The third-order valence-electron chi connectivity index (χ3n) is 4.79. The maximum absolute atomic E-state index is 6.20. The minimum atomic E-state index is 0.486. The van der Waals surface area contributed by atoms with Gasteiger partial charge in [0.15, 0.2) is 0 Å². The summed E-state index contributed by atoms with van der Waals surface area (Å²) in [7, 11) is 0. The SMILES string of the molecule is Clc1ccccc1-c1nnc(CN2CCC(c3ccccc3)CC2)o1. The zero-order valence-corrected chi connectivity index (χ0v) is 14.7. The number of hydrogen-bond donors (Lipinski definition) is 0. The summed E-state index contributed by atoms with van der Waals surface area (Å²) >= 11 is 6.20. The molecule has 0 aliphatic carbocycles. The van der Waals surface area contributed by atoms with Crippen LogP contribution in [0.1, 0.15) is 30.2 Å². The Morgan fingerprint density at radius 1 is 0.960 bits per heavy atom. The standard InChI is InChI=1S/C20H20ClN3O/c21-18-9-5-4-8-17(18)20-23-22-19(25-20)14-24-12-10-16(11-13-24)15-6-2-1-3-7-15/h1-9,16H,10-14H2. The van der Waals surface area contributed by atoms with E-state index in [9.17, 15) is 0 Å². The number of aromatic nitrogens is 2. The molecule has 4 rings (SSSR count). The first-order valence-corrected chi connectivity index (χ1v) is 9.02. The van der Waals surface area contributed by atoms with Gasteiger partial charge in [-0.1, -0.05) is 54.1 Å². The van der Waals surface area contributed by atoms with E-state index in [-0.39, 0.29) is 0 Å². The number of nitrogens with zero attached hydrogens (tertiary/aromatic N) is 3. The zero-order chi connectivity index (χ0) is 17.1. The Morgan fingerprint density at radius 2 is 1.68 bits per heavy atom. The van der Waals surface area contributed by atoms with E-state index in [0.717, 1.165) is 31.5 Å². The Bertz CT molecular complexity index is 826. The van der Waals surface area contributed by atoms with E-state index in [2.05, 4.69) is 45.4 Å². The van der Waals surface area contributed by atoms with Gasteiger partial charge in [0.05, 0.1) is 17.1 Å². The number of piperidine rings is 1. The lowest BCUT2D eigenvalue weighted by Crippen LogP contribution is -2.32. The van der Waals surface area contributed by atoms with Gasteiger partial charge in [0, 0.05) is 0 Å². The van der Waals surface area contributed by atoms with Crippen molar-refractivity contribution in [2.75, 3.05) is 13.1 Å². The minimum Gasteiger partial charge on any atom is -0.419 e. The molecule has 0 amide bonds. The van der Waals surface area contributed by atoms with Crippen molar-refractivity contribution in [3.05, 3.63) is 71.1 Å². The van der Waals surface area contributed by atoms with Crippen LogP contribution >= 0.6 is 11.6 Å². The van der Waals surface area contributed by atoms with Crippen LogP contribution in [0, 0.1) is 0 Å². The van der Waals surface area contributed by atoms with Crippen LogP contribution in [0.2, 0.25) is 5.02 Å². The Kier molecular flexibility index (Phi) is 4.81. The number of hydrogen-bond acceptors (Lipinski definition) is 4. The Labute approximate surface area is 152 Å². The summed E-state index contributed by atoms with van der Waals surface area (Å²) < 4.78 is 5.82. The highest BCUT2D eigenvalue weighted by Gasteiger charge is 2.22. The molecule has 4 nitrogen and oxygen atoms in total. The van der Waals surface area contributed by atoms with E-state index in [1.165, 1.54) is 5.56 Å². The predicted molar refractivity (Wildman–Crippen MR) is 98.4 cm³/mol. The molecule has 1 saturated heterocycles. The molecule has 0 unspecified atom stereocenters. The van der Waals surface area contributed by atoms with E-state index < -0.39 is 0 Å². The van der Waals surface area contributed by atoms with Crippen molar-refractivity contribution < 1.29 is 4.42 Å². The fraction of sp³-hybridized carbons (Fsp3) is 0.300. The van der Waals surface area contributed by atoms with Crippen LogP contribution < -0.4 is 0 Å². The molecule has 1 aliphatic heterocycles. The first-order chi connectivity index (χ1) is 12.3. The monoisotopic (exact) mass is 353 g/mol. The van der Waals surface area contributed by atoms with Crippen LogP contribution in [0.5, 0.6) is 0 Å². The Hall–Kier alpha value is -2.17. The largest absolute Gasteiger partial charge is 0.419 e. The first-order valence-electron chi connectivity index (χ1n) is 8.64. The third-order valence-corrected chi connectivity index (χ3v) is 5.12. The van der Waals surface area contributed by atoms with Gasteiger partial charge in [0.25, 0.3) is 0 Å². The van der Waals surface area contributed by atoms with Crippen molar-refractivity contribution in [3.8, 4) is 11.5 Å². The molecule has 0 radical (unpaired) electrons. The summed E-state index contributed by atoms with van der Waals surface area (Å²) in [6.07, 6.45) is 2.32. The number of likely N-dealkylation sites (tertiary alicyclic amines) is 1. The van der Waals surface area contributed by atoms with Crippen molar-refractivity contribution in [3.63, 3.8) is 0 Å². The normalized spacial score (nSPS) is 16.2. The highest BCUT2D eigenvalue weighted by molar-refractivity contribution is 6.33. The van der Waals surface area contributed by atoms with Crippen LogP contribution in [-0.4, -0.2) is 28.2 Å². The molecule has 2 heterocycles. The molecule has 1 aliphatic rings. The van der Waals surface area contributed by atoms with Crippen LogP contribution in [0.15, 0.2) is 59.0 Å². The first kappa shape index (κ1) is 16.3. The summed E-state index contributed by atoms with van der Waals surface area (Å²) in [5.41, 5.74) is 2.23. The van der Waals surface area contributed by atoms with Gasteiger partial charge in [0.2, 0.25) is 11.8 Å². The van der Waals surface area contributed by atoms with E-state index in [1.54, 1.807) is 0 Å². The van der Waals surface area contributed by atoms with Crippen LogP contribution in [0.25, 0.3) is 11.5 Å². The average molecular weight is 354 g/mol. The van der Waals surface area contributed by atoms with Gasteiger partial charge in [-0.05, 0) is 49.5 Å². The second-order valence-electron chi connectivity index (χ2n) is 6.44. The molecule has 0 N–H and O–H groups in total. The van der Waals surface area contributed by atoms with Crippen molar-refractivity contribution in [2.24, 2.45) is 0 Å². The van der Waals surface area contributed by atoms with Gasteiger partial charge in [-0.25, -0.2) is 0 Å². The second kappa shape index (κ2) is 7.38. The van der Waals surface area contributed by atoms with Gasteiger partial charge in [-0.15, -0.1) is 10.2 Å². The molecular weight excluding hydrogens is 334 g/mol. The number of benzene rings is 2. The molecule has 3 aromatic rings. The smallest absolute Gasteiger partial charge is 0.249 e. The quantitative estimate of drug-likeness (QED) is 0.677. The molecule has 0 bridgehead atoms.